The Morgan fingerprint density at radius 2 is 2.00 bits per heavy atom. The maximum absolute atomic E-state index is 14.3. The monoisotopic (exact) mass is 700 g/mol. The van der Waals surface area contributed by atoms with Gasteiger partial charge in [-0.3, -0.25) is 14.4 Å². The summed E-state index contributed by atoms with van der Waals surface area (Å²) in [5, 5.41) is 6.79. The van der Waals surface area contributed by atoms with Crippen LogP contribution in [0.5, 0.6) is 6.01 Å². The summed E-state index contributed by atoms with van der Waals surface area (Å²) >= 11 is 6.12. The molecule has 2 atom stereocenters. The molecule has 15 heteroatoms. The van der Waals surface area contributed by atoms with E-state index in [0.717, 1.165) is 56.1 Å². The van der Waals surface area contributed by atoms with E-state index in [-0.39, 0.29) is 41.7 Å². The number of carbonyl (C=O) groups excluding carboxylic acids is 1. The average Bonchev–Trinajstić information content (AvgIpc) is 3.55. The van der Waals surface area contributed by atoms with Crippen molar-refractivity contribution in [1.82, 2.24) is 30.0 Å². The predicted octanol–water partition coefficient (Wildman–Crippen LogP) is 5.22. The van der Waals surface area contributed by atoms with Gasteiger partial charge in [0, 0.05) is 49.9 Å². The standard InChI is InChI=1S/C34H40ClF3N8O3/c1-19-25-14-44(8-4-10-46(25)43-28(19)30(47)40-2)29-22-15-48-26(21-11-20(39)12-23(35)27(21)34(36,37)38)13-24(22)41-31(42-29)49-18-33-5-3-9-45(33)17-32(16-33)6-7-32/h11-12,26H,3-10,13-18,39H2,1-2H3,(H,40,47). The fraction of sp³-hybridized carbons (Fsp3) is 0.588. The number of rotatable bonds is 6. The van der Waals surface area contributed by atoms with Gasteiger partial charge in [-0.15, -0.1) is 0 Å². The minimum atomic E-state index is -4.71. The number of hydrogen-bond acceptors (Lipinski definition) is 9. The molecule has 2 saturated heterocycles. The molecule has 0 radical (unpaired) electrons. The van der Waals surface area contributed by atoms with Crippen molar-refractivity contribution in [1.29, 1.82) is 0 Å². The molecule has 1 spiro atoms. The number of fused-ring (bicyclic) bond motifs is 3. The second kappa shape index (κ2) is 11.7. The first-order chi connectivity index (χ1) is 23.4. The molecule has 0 bridgehead atoms. The maximum Gasteiger partial charge on any atom is 0.418 e. The highest BCUT2D eigenvalue weighted by atomic mass is 35.5. The molecule has 5 aliphatic rings. The van der Waals surface area contributed by atoms with E-state index in [4.69, 9.17) is 36.8 Å². The summed E-state index contributed by atoms with van der Waals surface area (Å²) in [5.74, 6) is 0.362. The van der Waals surface area contributed by atoms with Gasteiger partial charge >= 0.3 is 12.2 Å². The second-order valence-electron chi connectivity index (χ2n) is 14.4. The van der Waals surface area contributed by atoms with E-state index >= 15 is 0 Å². The summed E-state index contributed by atoms with van der Waals surface area (Å²) in [5.41, 5.74) is 8.70. The molecule has 6 heterocycles. The summed E-state index contributed by atoms with van der Waals surface area (Å²) in [4.78, 5) is 27.1. The van der Waals surface area contributed by atoms with E-state index in [0.29, 0.717) is 54.4 Å². The van der Waals surface area contributed by atoms with E-state index in [1.807, 2.05) is 11.6 Å². The maximum atomic E-state index is 14.3. The van der Waals surface area contributed by atoms with Crippen molar-refractivity contribution in [3.05, 3.63) is 56.5 Å². The van der Waals surface area contributed by atoms with Crippen LogP contribution in [0.2, 0.25) is 5.02 Å². The van der Waals surface area contributed by atoms with Crippen LogP contribution < -0.4 is 20.7 Å². The van der Waals surface area contributed by atoms with Crippen LogP contribution in [-0.2, 0) is 37.0 Å². The smallest absolute Gasteiger partial charge is 0.418 e. The molecule has 1 aliphatic carbocycles. The molecule has 3 fully saturated rings. The molecule has 3 N–H and O–H groups in total. The van der Waals surface area contributed by atoms with E-state index in [2.05, 4.69) is 20.2 Å². The Labute approximate surface area is 287 Å². The van der Waals surface area contributed by atoms with Crippen LogP contribution in [0.3, 0.4) is 0 Å². The first-order valence-corrected chi connectivity index (χ1v) is 17.4. The molecular weight excluding hydrogens is 661 g/mol. The number of hydrogen-bond donors (Lipinski definition) is 2. The molecule has 1 amide bonds. The highest BCUT2D eigenvalue weighted by Gasteiger charge is 2.60. The fourth-order valence-electron chi connectivity index (χ4n) is 8.64. The molecule has 262 valence electrons. The van der Waals surface area contributed by atoms with Crippen LogP contribution >= 0.6 is 11.6 Å². The number of carbonyl (C=O) groups is 1. The lowest BCUT2D eigenvalue weighted by Gasteiger charge is -2.33. The summed E-state index contributed by atoms with van der Waals surface area (Å²) in [6.07, 6.45) is 0.887. The number of aromatic nitrogens is 4. The molecule has 1 saturated carbocycles. The number of halogens is 4. The third-order valence-electron chi connectivity index (χ3n) is 11.2. The van der Waals surface area contributed by atoms with Crippen LogP contribution in [0, 0.1) is 12.3 Å². The van der Waals surface area contributed by atoms with Crippen molar-refractivity contribution in [3.8, 4) is 6.01 Å². The van der Waals surface area contributed by atoms with Gasteiger partial charge in [0.15, 0.2) is 5.69 Å². The third-order valence-corrected chi connectivity index (χ3v) is 11.5. The predicted molar refractivity (Wildman–Crippen MR) is 175 cm³/mol. The normalized spacial score (nSPS) is 24.4. The van der Waals surface area contributed by atoms with E-state index in [1.165, 1.54) is 18.9 Å². The molecular formula is C34H40ClF3N8O3. The third kappa shape index (κ3) is 5.69. The Morgan fingerprint density at radius 1 is 1.18 bits per heavy atom. The molecule has 11 nitrogen and oxygen atoms in total. The lowest BCUT2D eigenvalue weighted by molar-refractivity contribution is -0.139. The lowest BCUT2D eigenvalue weighted by Crippen LogP contribution is -2.43. The number of benzene rings is 1. The van der Waals surface area contributed by atoms with Gasteiger partial charge in [0.1, 0.15) is 12.4 Å². The molecule has 1 aromatic carbocycles. The average molecular weight is 701 g/mol. The molecule has 3 aromatic rings. The highest BCUT2D eigenvalue weighted by molar-refractivity contribution is 6.31. The zero-order chi connectivity index (χ0) is 34.3. The van der Waals surface area contributed by atoms with Crippen molar-refractivity contribution in [2.75, 3.05) is 43.9 Å². The largest absolute Gasteiger partial charge is 0.461 e. The van der Waals surface area contributed by atoms with Crippen molar-refractivity contribution < 1.29 is 27.4 Å². The first-order valence-electron chi connectivity index (χ1n) is 17.0. The lowest BCUT2D eigenvalue weighted by atomic mass is 9.89. The van der Waals surface area contributed by atoms with E-state index < -0.39 is 22.9 Å². The van der Waals surface area contributed by atoms with Gasteiger partial charge in [-0.2, -0.15) is 28.2 Å². The number of anilines is 2. The van der Waals surface area contributed by atoms with Gasteiger partial charge in [-0.1, -0.05) is 11.6 Å². The molecule has 4 aliphatic heterocycles. The van der Waals surface area contributed by atoms with Crippen molar-refractivity contribution in [2.45, 2.75) is 89.4 Å². The number of aryl methyl sites for hydroxylation is 1. The Balaban J connectivity index is 1.16. The van der Waals surface area contributed by atoms with Gasteiger partial charge in [-0.25, -0.2) is 0 Å². The van der Waals surface area contributed by atoms with Gasteiger partial charge in [0.05, 0.1) is 46.8 Å². The number of nitrogens with two attached hydrogens (primary N) is 1. The zero-order valence-electron chi connectivity index (χ0n) is 27.6. The quantitative estimate of drug-likeness (QED) is 0.334. The Hall–Kier alpha value is -3.62. The van der Waals surface area contributed by atoms with Crippen LogP contribution in [0.1, 0.15) is 88.8 Å². The number of nitrogens with zero attached hydrogens (tertiary/aromatic N) is 6. The second-order valence-corrected chi connectivity index (χ2v) is 14.8. The van der Waals surface area contributed by atoms with E-state index in [9.17, 15) is 18.0 Å². The molecule has 49 heavy (non-hydrogen) atoms. The summed E-state index contributed by atoms with van der Waals surface area (Å²) < 4.78 is 57.4. The van der Waals surface area contributed by atoms with Crippen LogP contribution in [0.15, 0.2) is 12.1 Å². The summed E-state index contributed by atoms with van der Waals surface area (Å²) in [6, 6.07) is 2.60. The van der Waals surface area contributed by atoms with Crippen molar-refractivity contribution in [3.63, 3.8) is 0 Å². The molecule has 8 rings (SSSR count). The Morgan fingerprint density at radius 3 is 2.76 bits per heavy atom. The molecule has 2 aromatic heterocycles. The van der Waals surface area contributed by atoms with Crippen molar-refractivity contribution >= 4 is 29.0 Å². The minimum Gasteiger partial charge on any atom is -0.461 e. The first kappa shape index (κ1) is 32.6. The fourth-order valence-corrected chi connectivity index (χ4v) is 8.98. The van der Waals surface area contributed by atoms with Crippen molar-refractivity contribution in [2.24, 2.45) is 5.41 Å². The van der Waals surface area contributed by atoms with Gasteiger partial charge in [0.2, 0.25) is 0 Å². The topological polar surface area (TPSA) is 124 Å². The summed E-state index contributed by atoms with van der Waals surface area (Å²) in [6.45, 7) is 6.17. The van der Waals surface area contributed by atoms with Crippen LogP contribution in [0.25, 0.3) is 0 Å². The van der Waals surface area contributed by atoms with Crippen LogP contribution in [-0.4, -0.2) is 69.4 Å². The number of nitrogens with one attached hydrogen (secondary N) is 1. The van der Waals surface area contributed by atoms with E-state index in [1.54, 1.807) is 7.05 Å². The van der Waals surface area contributed by atoms with Crippen LogP contribution in [0.4, 0.5) is 24.7 Å². The number of amides is 1. The number of ether oxygens (including phenoxy) is 2. The SMILES string of the molecule is CNC(=O)c1nn2c(c1C)CN(c1nc(OCC34CCCN3CC3(CC3)C4)nc3c1COC(c1cc(N)cc(Cl)c1C(F)(F)F)C3)CCC2. The van der Waals surface area contributed by atoms with Gasteiger partial charge < -0.3 is 25.4 Å². The number of nitrogen functional groups attached to an aromatic ring is 1. The molecule has 2 unspecified atom stereocenters. The summed E-state index contributed by atoms with van der Waals surface area (Å²) in [7, 11) is 1.58. The van der Waals surface area contributed by atoms with Gasteiger partial charge in [0.25, 0.3) is 5.91 Å². The zero-order valence-corrected chi connectivity index (χ0v) is 28.4. The highest BCUT2D eigenvalue weighted by Crippen LogP contribution is 2.60. The number of alkyl halides is 3. The van der Waals surface area contributed by atoms with Gasteiger partial charge in [-0.05, 0) is 75.1 Å². The Bertz CT molecular complexity index is 1830. The minimum absolute atomic E-state index is 0.0161. The Kier molecular flexibility index (Phi) is 7.80.